The van der Waals surface area contributed by atoms with Crippen molar-refractivity contribution in [3.8, 4) is 16.3 Å². The molecule has 0 saturated heterocycles. The maximum atomic E-state index is 12.9. The molecule has 8 nitrogen and oxygen atoms in total. The first-order valence-electron chi connectivity index (χ1n) is 10.4. The van der Waals surface area contributed by atoms with Crippen molar-refractivity contribution in [3.05, 3.63) is 64.7 Å². The molecule has 3 aromatic heterocycles. The number of fused-ring (bicyclic) bond motifs is 1. The average molecular weight is 465 g/mol. The molecular formula is C24H24N4O4S. The third-order valence-corrected chi connectivity index (χ3v) is 6.08. The number of carbonyl (C=O) groups excluding carboxylic acids is 2. The lowest BCUT2D eigenvalue weighted by atomic mass is 10.1. The Morgan fingerprint density at radius 3 is 2.67 bits per heavy atom. The van der Waals surface area contributed by atoms with Crippen molar-refractivity contribution < 1.29 is 19.1 Å². The Morgan fingerprint density at radius 1 is 1.18 bits per heavy atom. The summed E-state index contributed by atoms with van der Waals surface area (Å²) in [7, 11) is 3.40. The minimum Gasteiger partial charge on any atom is -0.497 e. The summed E-state index contributed by atoms with van der Waals surface area (Å²) in [5, 5.41) is 9.75. The third kappa shape index (κ3) is 5.04. The zero-order valence-electron chi connectivity index (χ0n) is 18.6. The van der Waals surface area contributed by atoms with E-state index in [1.54, 1.807) is 24.9 Å². The fourth-order valence-electron chi connectivity index (χ4n) is 3.55. The highest BCUT2D eigenvalue weighted by Crippen LogP contribution is 2.29. The smallest absolute Gasteiger partial charge is 0.339 e. The van der Waals surface area contributed by atoms with Crippen LogP contribution in [0.2, 0.25) is 0 Å². The molecule has 3 heterocycles. The molecule has 33 heavy (non-hydrogen) atoms. The molecule has 0 fully saturated rings. The van der Waals surface area contributed by atoms with E-state index in [1.165, 1.54) is 11.3 Å². The molecule has 170 valence electrons. The van der Waals surface area contributed by atoms with Gasteiger partial charge in [-0.2, -0.15) is 5.10 Å². The second-order valence-electron chi connectivity index (χ2n) is 7.46. The maximum Gasteiger partial charge on any atom is 0.339 e. The van der Waals surface area contributed by atoms with Crippen LogP contribution in [0.15, 0.2) is 47.8 Å². The normalized spacial score (nSPS) is 10.9. The number of esters is 1. The molecular weight excluding hydrogens is 440 g/mol. The maximum absolute atomic E-state index is 12.9. The Bertz CT molecular complexity index is 1280. The summed E-state index contributed by atoms with van der Waals surface area (Å²) < 4.78 is 12.1. The van der Waals surface area contributed by atoms with Gasteiger partial charge in [-0.1, -0.05) is 18.2 Å². The van der Waals surface area contributed by atoms with Crippen LogP contribution in [0.25, 0.3) is 21.6 Å². The van der Waals surface area contributed by atoms with Crippen LogP contribution in [0, 0.1) is 6.92 Å². The fraction of sp³-hybridized carbons (Fsp3) is 0.250. The number of aromatic nitrogens is 3. The number of nitrogens with zero attached hydrogens (tertiary/aromatic N) is 3. The number of hydrogen-bond acceptors (Lipinski definition) is 7. The van der Waals surface area contributed by atoms with Crippen molar-refractivity contribution in [1.82, 2.24) is 20.1 Å². The molecule has 0 aliphatic rings. The van der Waals surface area contributed by atoms with Gasteiger partial charge < -0.3 is 14.8 Å². The van der Waals surface area contributed by atoms with E-state index in [0.29, 0.717) is 41.0 Å². The van der Waals surface area contributed by atoms with E-state index in [2.05, 4.69) is 15.4 Å². The van der Waals surface area contributed by atoms with Gasteiger partial charge >= 0.3 is 5.97 Å². The number of amides is 1. The molecule has 1 aromatic carbocycles. The lowest BCUT2D eigenvalue weighted by Gasteiger charge is -2.09. The van der Waals surface area contributed by atoms with Crippen LogP contribution < -0.4 is 10.1 Å². The molecule has 0 unspecified atom stereocenters. The van der Waals surface area contributed by atoms with Gasteiger partial charge in [0.2, 0.25) is 0 Å². The molecule has 0 bridgehead atoms. The monoisotopic (exact) mass is 464 g/mol. The largest absolute Gasteiger partial charge is 0.497 e. The quantitative estimate of drug-likeness (QED) is 0.401. The van der Waals surface area contributed by atoms with Crippen LogP contribution in [0.5, 0.6) is 5.75 Å². The summed E-state index contributed by atoms with van der Waals surface area (Å²) in [6, 6.07) is 13.2. The Balaban J connectivity index is 1.41. The molecule has 0 radical (unpaired) electrons. The summed E-state index contributed by atoms with van der Waals surface area (Å²) in [6.07, 6.45) is 0.660. The van der Waals surface area contributed by atoms with Crippen LogP contribution in [-0.4, -0.2) is 46.9 Å². The van der Waals surface area contributed by atoms with Crippen LogP contribution in [0.4, 0.5) is 0 Å². The summed E-state index contributed by atoms with van der Waals surface area (Å²) in [5.41, 5.74) is 3.35. The zero-order valence-corrected chi connectivity index (χ0v) is 19.4. The molecule has 9 heteroatoms. The summed E-state index contributed by atoms with van der Waals surface area (Å²) >= 11 is 1.53. The van der Waals surface area contributed by atoms with Gasteiger partial charge in [-0.05, 0) is 48.6 Å². The number of pyridine rings is 1. The lowest BCUT2D eigenvalue weighted by Crippen LogP contribution is -2.30. The molecule has 0 aliphatic heterocycles. The second-order valence-corrected chi connectivity index (χ2v) is 8.41. The molecule has 0 aliphatic carbocycles. The number of nitrogens with one attached hydrogen (secondary N) is 1. The lowest BCUT2D eigenvalue weighted by molar-refractivity contribution is -0.124. The Labute approximate surface area is 195 Å². The molecule has 1 amide bonds. The summed E-state index contributed by atoms with van der Waals surface area (Å²) in [4.78, 5) is 30.8. The van der Waals surface area contributed by atoms with Gasteiger partial charge in [0.05, 0.1) is 34.3 Å². The van der Waals surface area contributed by atoms with Crippen molar-refractivity contribution in [3.63, 3.8) is 0 Å². The highest BCUT2D eigenvalue weighted by Gasteiger charge is 2.21. The Kier molecular flexibility index (Phi) is 6.69. The fourth-order valence-corrected chi connectivity index (χ4v) is 4.24. The highest BCUT2D eigenvalue weighted by atomic mass is 32.1. The van der Waals surface area contributed by atoms with E-state index < -0.39 is 5.97 Å². The summed E-state index contributed by atoms with van der Waals surface area (Å²) in [5.74, 6) is -0.156. The van der Waals surface area contributed by atoms with E-state index in [9.17, 15) is 9.59 Å². The molecule has 0 spiro atoms. The standard InChI is InChI=1S/C24H24N4O4S/c1-15-22-18(13-19(20-5-4-12-33-20)26-23(22)28(2)27-15)24(30)32-14-21(29)25-11-10-16-6-8-17(31-3)9-7-16/h4-9,12-13H,10-11,14H2,1-3H3,(H,25,29). The first kappa shape index (κ1) is 22.5. The van der Waals surface area contributed by atoms with Gasteiger partial charge in [0, 0.05) is 13.6 Å². The Hall–Kier alpha value is -3.72. The third-order valence-electron chi connectivity index (χ3n) is 5.19. The van der Waals surface area contributed by atoms with E-state index in [4.69, 9.17) is 9.47 Å². The average Bonchev–Trinajstić information content (AvgIpc) is 3.46. The predicted octanol–water partition coefficient (Wildman–Crippen LogP) is 3.53. The number of benzene rings is 1. The molecule has 0 atom stereocenters. The van der Waals surface area contributed by atoms with Gasteiger partial charge in [0.1, 0.15) is 5.75 Å². The van der Waals surface area contributed by atoms with Gasteiger partial charge in [-0.3, -0.25) is 9.48 Å². The van der Waals surface area contributed by atoms with Crippen LogP contribution >= 0.6 is 11.3 Å². The summed E-state index contributed by atoms with van der Waals surface area (Å²) in [6.45, 7) is 1.89. The van der Waals surface area contributed by atoms with Crippen molar-refractivity contribution in [2.45, 2.75) is 13.3 Å². The van der Waals surface area contributed by atoms with Crippen molar-refractivity contribution in [1.29, 1.82) is 0 Å². The molecule has 4 rings (SSSR count). The first-order chi connectivity index (χ1) is 16.0. The highest BCUT2D eigenvalue weighted by molar-refractivity contribution is 7.13. The van der Waals surface area contributed by atoms with Gasteiger partial charge in [0.25, 0.3) is 5.91 Å². The minimum absolute atomic E-state index is 0.347. The number of methoxy groups -OCH3 is 1. The van der Waals surface area contributed by atoms with Crippen molar-refractivity contribution in [2.75, 3.05) is 20.3 Å². The molecule has 0 saturated carbocycles. The van der Waals surface area contributed by atoms with Crippen molar-refractivity contribution >= 4 is 34.2 Å². The predicted molar refractivity (Wildman–Crippen MR) is 127 cm³/mol. The van der Waals surface area contributed by atoms with E-state index >= 15 is 0 Å². The van der Waals surface area contributed by atoms with Crippen LogP contribution in [0.3, 0.4) is 0 Å². The van der Waals surface area contributed by atoms with Crippen molar-refractivity contribution in [2.24, 2.45) is 7.05 Å². The number of carbonyl (C=O) groups is 2. The van der Waals surface area contributed by atoms with Crippen LogP contribution in [0.1, 0.15) is 21.6 Å². The zero-order chi connectivity index (χ0) is 23.4. The number of ether oxygens (including phenoxy) is 2. The number of thiophene rings is 1. The topological polar surface area (TPSA) is 95.3 Å². The number of rotatable bonds is 8. The number of hydrogen-bond donors (Lipinski definition) is 1. The minimum atomic E-state index is -0.582. The van der Waals surface area contributed by atoms with E-state index in [-0.39, 0.29) is 12.5 Å². The van der Waals surface area contributed by atoms with Gasteiger partial charge in [0.15, 0.2) is 12.3 Å². The van der Waals surface area contributed by atoms with E-state index in [0.717, 1.165) is 16.2 Å². The molecule has 4 aromatic rings. The van der Waals surface area contributed by atoms with Crippen LogP contribution in [-0.2, 0) is 23.0 Å². The second kappa shape index (κ2) is 9.83. The van der Waals surface area contributed by atoms with Gasteiger partial charge in [-0.15, -0.1) is 11.3 Å². The molecule has 1 N–H and O–H groups in total. The van der Waals surface area contributed by atoms with Gasteiger partial charge in [-0.25, -0.2) is 9.78 Å². The Morgan fingerprint density at radius 2 is 1.97 bits per heavy atom. The SMILES string of the molecule is COc1ccc(CCNC(=O)COC(=O)c2cc(-c3cccs3)nc3c2c(C)nn3C)cc1. The van der Waals surface area contributed by atoms with E-state index in [1.807, 2.05) is 48.7 Å². The first-order valence-corrected chi connectivity index (χ1v) is 11.3. The number of aryl methyl sites for hydroxylation is 2.